The van der Waals surface area contributed by atoms with E-state index in [2.05, 4.69) is 0 Å². The summed E-state index contributed by atoms with van der Waals surface area (Å²) in [5.41, 5.74) is 2.08. The van der Waals surface area contributed by atoms with Gasteiger partial charge in [0.1, 0.15) is 5.75 Å². The molecular weight excluding hydrogens is 276 g/mol. The average molecular weight is 289 g/mol. The molecule has 0 fully saturated rings. The second-order valence-corrected chi connectivity index (χ2v) is 4.57. The molecular formula is C16H13ClO3. The van der Waals surface area contributed by atoms with Crippen LogP contribution in [0.1, 0.15) is 11.1 Å². The van der Waals surface area contributed by atoms with Gasteiger partial charge in [-0.1, -0.05) is 35.9 Å². The van der Waals surface area contributed by atoms with E-state index in [1.165, 1.54) is 6.08 Å². The second kappa shape index (κ2) is 6.26. The van der Waals surface area contributed by atoms with E-state index in [-0.39, 0.29) is 0 Å². The zero-order valence-electron chi connectivity index (χ0n) is 10.8. The first-order chi connectivity index (χ1) is 9.60. The van der Waals surface area contributed by atoms with Crippen LogP contribution in [0.3, 0.4) is 0 Å². The number of hydrogen-bond donors (Lipinski definition) is 1. The lowest BCUT2D eigenvalue weighted by Gasteiger charge is -2.09. The van der Waals surface area contributed by atoms with E-state index in [9.17, 15) is 4.79 Å². The molecule has 0 aliphatic carbocycles. The van der Waals surface area contributed by atoms with Crippen LogP contribution >= 0.6 is 11.6 Å². The van der Waals surface area contributed by atoms with Gasteiger partial charge in [-0.05, 0) is 41.0 Å². The maximum absolute atomic E-state index is 11.1. The van der Waals surface area contributed by atoms with Crippen LogP contribution in [0.25, 0.3) is 5.57 Å². The van der Waals surface area contributed by atoms with Crippen molar-refractivity contribution >= 4 is 23.1 Å². The molecule has 0 heterocycles. The standard InChI is InChI=1S/C16H13ClO3/c1-20-14-7-3-5-12(9-14)15(10-16(18)19)11-4-2-6-13(17)8-11/h2-10H,1H3,(H,18,19)/b15-10+. The molecule has 4 heteroatoms. The first kappa shape index (κ1) is 14.2. The summed E-state index contributed by atoms with van der Waals surface area (Å²) in [6.45, 7) is 0. The smallest absolute Gasteiger partial charge is 0.328 e. The van der Waals surface area contributed by atoms with Crippen LogP contribution in [-0.4, -0.2) is 18.2 Å². The Bertz CT molecular complexity index is 662. The molecule has 20 heavy (non-hydrogen) atoms. The number of benzene rings is 2. The summed E-state index contributed by atoms with van der Waals surface area (Å²) < 4.78 is 5.17. The molecule has 2 aromatic rings. The van der Waals surface area contributed by atoms with Crippen molar-refractivity contribution in [2.45, 2.75) is 0 Å². The Labute approximate surface area is 122 Å². The van der Waals surface area contributed by atoms with Crippen LogP contribution < -0.4 is 4.74 Å². The third-order valence-electron chi connectivity index (χ3n) is 2.78. The third kappa shape index (κ3) is 3.39. The van der Waals surface area contributed by atoms with Crippen molar-refractivity contribution in [2.75, 3.05) is 7.11 Å². The van der Waals surface area contributed by atoms with Crippen LogP contribution in [0, 0.1) is 0 Å². The van der Waals surface area contributed by atoms with Crippen LogP contribution in [0.4, 0.5) is 0 Å². The number of carboxylic acids is 1. The summed E-state index contributed by atoms with van der Waals surface area (Å²) in [6, 6.07) is 14.3. The Morgan fingerprint density at radius 1 is 1.15 bits per heavy atom. The van der Waals surface area contributed by atoms with Crippen LogP contribution in [0.5, 0.6) is 5.75 Å². The molecule has 102 valence electrons. The molecule has 0 saturated carbocycles. The first-order valence-corrected chi connectivity index (χ1v) is 6.33. The van der Waals surface area contributed by atoms with Gasteiger partial charge in [-0.2, -0.15) is 0 Å². The van der Waals surface area contributed by atoms with Crippen molar-refractivity contribution in [3.8, 4) is 5.75 Å². The molecule has 0 amide bonds. The lowest BCUT2D eigenvalue weighted by molar-refractivity contribution is -0.131. The number of carbonyl (C=O) groups is 1. The van der Waals surface area contributed by atoms with Crippen LogP contribution in [0.2, 0.25) is 5.02 Å². The molecule has 0 aliphatic rings. The van der Waals surface area contributed by atoms with Crippen molar-refractivity contribution in [3.63, 3.8) is 0 Å². The van der Waals surface area contributed by atoms with Gasteiger partial charge in [0.25, 0.3) is 0 Å². The third-order valence-corrected chi connectivity index (χ3v) is 3.02. The molecule has 0 aliphatic heterocycles. The van der Waals surface area contributed by atoms with Gasteiger partial charge < -0.3 is 9.84 Å². The number of methoxy groups -OCH3 is 1. The molecule has 0 atom stereocenters. The van der Waals surface area contributed by atoms with Gasteiger partial charge in [-0.3, -0.25) is 0 Å². The predicted molar refractivity (Wildman–Crippen MR) is 79.2 cm³/mol. The fourth-order valence-corrected chi connectivity index (χ4v) is 2.09. The summed E-state index contributed by atoms with van der Waals surface area (Å²) in [7, 11) is 1.57. The molecule has 0 aromatic heterocycles. The summed E-state index contributed by atoms with van der Waals surface area (Å²) in [4.78, 5) is 11.1. The SMILES string of the molecule is COc1cccc(/C(=C/C(=O)O)c2cccc(Cl)c2)c1. The van der Waals surface area contributed by atoms with E-state index in [1.807, 2.05) is 18.2 Å². The molecule has 0 spiro atoms. The van der Waals surface area contributed by atoms with Crippen molar-refractivity contribution in [2.24, 2.45) is 0 Å². The Morgan fingerprint density at radius 2 is 1.80 bits per heavy atom. The molecule has 1 N–H and O–H groups in total. The maximum atomic E-state index is 11.1. The first-order valence-electron chi connectivity index (χ1n) is 5.95. The molecule has 3 nitrogen and oxygen atoms in total. The monoisotopic (exact) mass is 288 g/mol. The molecule has 0 saturated heterocycles. The van der Waals surface area contributed by atoms with Gasteiger partial charge in [-0.25, -0.2) is 4.79 Å². The van der Waals surface area contributed by atoms with E-state index in [4.69, 9.17) is 21.4 Å². The van der Waals surface area contributed by atoms with Crippen molar-refractivity contribution in [1.82, 2.24) is 0 Å². The highest BCUT2D eigenvalue weighted by Gasteiger charge is 2.09. The highest BCUT2D eigenvalue weighted by atomic mass is 35.5. The molecule has 0 unspecified atom stereocenters. The van der Waals surface area contributed by atoms with E-state index in [1.54, 1.807) is 37.4 Å². The lowest BCUT2D eigenvalue weighted by Crippen LogP contribution is -1.95. The van der Waals surface area contributed by atoms with Crippen molar-refractivity contribution in [1.29, 1.82) is 0 Å². The quantitative estimate of drug-likeness (QED) is 0.869. The summed E-state index contributed by atoms with van der Waals surface area (Å²) in [5, 5.41) is 9.62. The van der Waals surface area contributed by atoms with Crippen LogP contribution in [-0.2, 0) is 4.79 Å². The number of halogens is 1. The zero-order chi connectivity index (χ0) is 14.5. The highest BCUT2D eigenvalue weighted by molar-refractivity contribution is 6.30. The Hall–Kier alpha value is -2.26. The van der Waals surface area contributed by atoms with Gasteiger partial charge in [0.05, 0.1) is 7.11 Å². The van der Waals surface area contributed by atoms with Gasteiger partial charge >= 0.3 is 5.97 Å². The lowest BCUT2D eigenvalue weighted by atomic mass is 9.97. The predicted octanol–water partition coefficient (Wildman–Crippen LogP) is 3.86. The van der Waals surface area contributed by atoms with E-state index < -0.39 is 5.97 Å². The summed E-state index contributed by atoms with van der Waals surface area (Å²) >= 11 is 5.97. The minimum atomic E-state index is -1.01. The fourth-order valence-electron chi connectivity index (χ4n) is 1.90. The Balaban J connectivity index is 2.56. The maximum Gasteiger partial charge on any atom is 0.328 e. The number of hydrogen-bond acceptors (Lipinski definition) is 2. The number of aliphatic carboxylic acids is 1. The van der Waals surface area contributed by atoms with Gasteiger partial charge in [0.15, 0.2) is 0 Å². The van der Waals surface area contributed by atoms with E-state index >= 15 is 0 Å². The topological polar surface area (TPSA) is 46.5 Å². The minimum Gasteiger partial charge on any atom is -0.497 e. The van der Waals surface area contributed by atoms with Gasteiger partial charge in [0.2, 0.25) is 0 Å². The van der Waals surface area contributed by atoms with Gasteiger partial charge in [0, 0.05) is 11.1 Å². The molecule has 0 bridgehead atoms. The zero-order valence-corrected chi connectivity index (χ0v) is 11.6. The number of rotatable bonds is 4. The average Bonchev–Trinajstić information content (AvgIpc) is 2.44. The molecule has 2 rings (SSSR count). The van der Waals surface area contributed by atoms with Crippen molar-refractivity contribution < 1.29 is 14.6 Å². The normalized spacial score (nSPS) is 11.2. The molecule has 2 aromatic carbocycles. The summed E-state index contributed by atoms with van der Waals surface area (Å²) in [5.74, 6) is -0.344. The van der Waals surface area contributed by atoms with E-state index in [0.717, 1.165) is 11.1 Å². The van der Waals surface area contributed by atoms with Gasteiger partial charge in [-0.15, -0.1) is 0 Å². The number of ether oxygens (including phenoxy) is 1. The Kier molecular flexibility index (Phi) is 4.43. The minimum absolute atomic E-state index is 0.557. The number of carboxylic acid groups (broad SMARTS) is 1. The largest absolute Gasteiger partial charge is 0.497 e. The fraction of sp³-hybridized carbons (Fsp3) is 0.0625. The highest BCUT2D eigenvalue weighted by Crippen LogP contribution is 2.27. The second-order valence-electron chi connectivity index (χ2n) is 4.14. The summed E-state index contributed by atoms with van der Waals surface area (Å²) in [6.07, 6.45) is 1.17. The molecule has 0 radical (unpaired) electrons. The van der Waals surface area contributed by atoms with Crippen LogP contribution in [0.15, 0.2) is 54.6 Å². The van der Waals surface area contributed by atoms with E-state index in [0.29, 0.717) is 16.3 Å². The van der Waals surface area contributed by atoms with Crippen molar-refractivity contribution in [3.05, 3.63) is 70.8 Å². The Morgan fingerprint density at radius 3 is 2.40 bits per heavy atom.